The van der Waals surface area contributed by atoms with E-state index in [1.54, 1.807) is 31.2 Å². The summed E-state index contributed by atoms with van der Waals surface area (Å²) in [5.41, 5.74) is 0.309. The molecule has 164 valence electrons. The molecule has 2 aromatic rings. The molecule has 0 bridgehead atoms. The van der Waals surface area contributed by atoms with Gasteiger partial charge in [-0.1, -0.05) is 23.4 Å². The Morgan fingerprint density at radius 3 is 2.66 bits per heavy atom. The zero-order chi connectivity index (χ0) is 22.8. The SMILES string of the molecule is CCOC(=O)C1=C(O)C(=Cc2cc3c(cc2[N+](=O)[O-])OCO3)SC1=Nc1ccc(Cl)cc1. The summed E-state index contributed by atoms with van der Waals surface area (Å²) in [5.74, 6) is -0.536. The maximum atomic E-state index is 12.5. The highest BCUT2D eigenvalue weighted by Gasteiger charge is 2.34. The van der Waals surface area contributed by atoms with E-state index in [0.29, 0.717) is 16.5 Å². The number of nitro benzene ring substituents is 1. The minimum atomic E-state index is -0.756. The van der Waals surface area contributed by atoms with Crippen molar-refractivity contribution in [3.8, 4) is 11.5 Å². The zero-order valence-corrected chi connectivity index (χ0v) is 18.1. The Morgan fingerprint density at radius 1 is 1.31 bits per heavy atom. The van der Waals surface area contributed by atoms with E-state index in [9.17, 15) is 20.0 Å². The van der Waals surface area contributed by atoms with E-state index >= 15 is 0 Å². The maximum Gasteiger partial charge on any atom is 0.344 e. The topological polar surface area (TPSA) is 120 Å². The van der Waals surface area contributed by atoms with E-state index in [1.165, 1.54) is 18.2 Å². The quantitative estimate of drug-likeness (QED) is 0.358. The van der Waals surface area contributed by atoms with Crippen molar-refractivity contribution in [2.75, 3.05) is 13.4 Å². The number of thioether (sulfide) groups is 1. The number of aliphatic hydroxyl groups is 1. The van der Waals surface area contributed by atoms with Crippen molar-refractivity contribution in [1.82, 2.24) is 0 Å². The summed E-state index contributed by atoms with van der Waals surface area (Å²) in [6.45, 7) is 1.69. The lowest BCUT2D eigenvalue weighted by atomic mass is 10.1. The molecule has 0 amide bonds. The molecule has 2 aliphatic heterocycles. The van der Waals surface area contributed by atoms with Crippen LogP contribution >= 0.6 is 23.4 Å². The third kappa shape index (κ3) is 4.27. The highest BCUT2D eigenvalue weighted by molar-refractivity contribution is 8.18. The van der Waals surface area contributed by atoms with Gasteiger partial charge in [0.2, 0.25) is 6.79 Å². The van der Waals surface area contributed by atoms with Gasteiger partial charge in [-0.05, 0) is 43.3 Å². The standard InChI is InChI=1S/C21H15ClN2O7S/c1-2-29-21(26)18-19(25)17(32-20(18)23-13-5-3-12(22)4-6-13)8-11-7-15-16(31-10-30-15)9-14(11)24(27)28/h3-9,25H,2,10H2,1H3. The fourth-order valence-electron chi connectivity index (χ4n) is 2.99. The second-order valence-electron chi connectivity index (χ2n) is 6.47. The largest absolute Gasteiger partial charge is 0.506 e. The highest BCUT2D eigenvalue weighted by Crippen LogP contribution is 2.43. The smallest absolute Gasteiger partial charge is 0.344 e. The molecule has 11 heteroatoms. The van der Waals surface area contributed by atoms with Gasteiger partial charge in [-0.2, -0.15) is 0 Å². The van der Waals surface area contributed by atoms with E-state index in [4.69, 9.17) is 25.8 Å². The average molecular weight is 475 g/mol. The predicted molar refractivity (Wildman–Crippen MR) is 120 cm³/mol. The van der Waals surface area contributed by atoms with Crippen LogP contribution in [-0.2, 0) is 9.53 Å². The predicted octanol–water partition coefficient (Wildman–Crippen LogP) is 5.17. The van der Waals surface area contributed by atoms with Gasteiger partial charge in [-0.15, -0.1) is 0 Å². The fraction of sp³-hybridized carbons (Fsp3) is 0.143. The average Bonchev–Trinajstić information content (AvgIpc) is 3.33. The number of esters is 1. The van der Waals surface area contributed by atoms with Gasteiger partial charge in [0.25, 0.3) is 5.69 Å². The van der Waals surface area contributed by atoms with E-state index < -0.39 is 10.9 Å². The Labute approximate surface area is 191 Å². The van der Waals surface area contributed by atoms with E-state index in [1.807, 2.05) is 0 Å². The first-order valence-electron chi connectivity index (χ1n) is 9.30. The molecule has 4 rings (SSSR count). The monoisotopic (exact) mass is 474 g/mol. The minimum Gasteiger partial charge on any atom is -0.506 e. The number of ether oxygens (including phenoxy) is 3. The number of hydrogen-bond donors (Lipinski definition) is 1. The zero-order valence-electron chi connectivity index (χ0n) is 16.5. The summed E-state index contributed by atoms with van der Waals surface area (Å²) in [4.78, 5) is 28.1. The molecule has 0 aromatic heterocycles. The van der Waals surface area contributed by atoms with E-state index in [-0.39, 0.29) is 51.7 Å². The van der Waals surface area contributed by atoms with Crippen LogP contribution in [0, 0.1) is 10.1 Å². The van der Waals surface area contributed by atoms with Crippen LogP contribution in [-0.4, -0.2) is 34.4 Å². The Morgan fingerprint density at radius 2 is 2.00 bits per heavy atom. The van der Waals surface area contributed by atoms with Crippen molar-refractivity contribution in [3.63, 3.8) is 0 Å². The Bertz CT molecular complexity index is 1210. The molecule has 0 atom stereocenters. The van der Waals surface area contributed by atoms with Crippen molar-refractivity contribution in [2.45, 2.75) is 6.92 Å². The molecule has 1 N–H and O–H groups in total. The second kappa shape index (κ2) is 8.93. The highest BCUT2D eigenvalue weighted by atomic mass is 35.5. The lowest BCUT2D eigenvalue weighted by Crippen LogP contribution is -2.12. The van der Waals surface area contributed by atoms with Crippen LogP contribution in [0.4, 0.5) is 11.4 Å². The second-order valence-corrected chi connectivity index (χ2v) is 7.94. The van der Waals surface area contributed by atoms with Crippen LogP contribution in [0.15, 0.2) is 57.6 Å². The van der Waals surface area contributed by atoms with Crippen LogP contribution in [0.25, 0.3) is 6.08 Å². The number of fused-ring (bicyclic) bond motifs is 1. The van der Waals surface area contributed by atoms with Crippen LogP contribution < -0.4 is 9.47 Å². The Balaban J connectivity index is 1.80. The van der Waals surface area contributed by atoms with Gasteiger partial charge in [0, 0.05) is 5.02 Å². The van der Waals surface area contributed by atoms with E-state index in [2.05, 4.69) is 4.99 Å². The molecule has 0 fully saturated rings. The minimum absolute atomic E-state index is 0.0443. The summed E-state index contributed by atoms with van der Waals surface area (Å²) in [5, 5.41) is 23.1. The van der Waals surface area contributed by atoms with Gasteiger partial charge in [-0.25, -0.2) is 9.79 Å². The number of nitrogens with zero attached hydrogens (tertiary/aromatic N) is 2. The first kappa shape index (κ1) is 21.7. The third-order valence-corrected chi connectivity index (χ3v) is 5.70. The molecule has 2 aliphatic rings. The summed E-state index contributed by atoms with van der Waals surface area (Å²) in [7, 11) is 0. The molecule has 0 radical (unpaired) electrons. The lowest BCUT2D eigenvalue weighted by Gasteiger charge is -2.03. The lowest BCUT2D eigenvalue weighted by molar-refractivity contribution is -0.385. The van der Waals surface area contributed by atoms with Crippen molar-refractivity contribution in [3.05, 3.63) is 73.3 Å². The first-order valence-corrected chi connectivity index (χ1v) is 10.5. The number of hydrogen-bond acceptors (Lipinski definition) is 9. The molecule has 0 aliphatic carbocycles. The summed E-state index contributed by atoms with van der Waals surface area (Å²) < 4.78 is 15.6. The summed E-state index contributed by atoms with van der Waals surface area (Å²) in [6.07, 6.45) is 1.39. The van der Waals surface area contributed by atoms with Gasteiger partial charge >= 0.3 is 5.97 Å². The number of nitro groups is 1. The van der Waals surface area contributed by atoms with Gasteiger partial charge < -0.3 is 19.3 Å². The molecular formula is C21H15ClN2O7S. The normalized spacial score (nSPS) is 17.3. The number of halogens is 1. The van der Waals surface area contributed by atoms with E-state index in [0.717, 1.165) is 11.8 Å². The molecule has 2 aromatic carbocycles. The number of rotatable bonds is 5. The molecule has 2 heterocycles. The van der Waals surface area contributed by atoms with Crippen molar-refractivity contribution < 1.29 is 29.0 Å². The molecule has 32 heavy (non-hydrogen) atoms. The van der Waals surface area contributed by atoms with Crippen LogP contribution in [0.1, 0.15) is 12.5 Å². The number of carbonyl (C=O) groups excluding carboxylic acids is 1. The van der Waals surface area contributed by atoms with Crippen LogP contribution in [0.5, 0.6) is 11.5 Å². The Kier molecular flexibility index (Phi) is 6.06. The fourth-order valence-corrected chi connectivity index (χ4v) is 4.14. The first-order chi connectivity index (χ1) is 15.4. The maximum absolute atomic E-state index is 12.5. The summed E-state index contributed by atoms with van der Waals surface area (Å²) >= 11 is 6.89. The Hall–Kier alpha value is -3.50. The van der Waals surface area contributed by atoms with Crippen LogP contribution in [0.2, 0.25) is 5.02 Å². The summed E-state index contributed by atoms with van der Waals surface area (Å²) in [6, 6.07) is 9.28. The van der Waals surface area contributed by atoms with Gasteiger partial charge in [0.15, 0.2) is 11.5 Å². The molecule has 0 unspecified atom stereocenters. The number of aliphatic hydroxyl groups excluding tert-OH is 1. The third-order valence-electron chi connectivity index (χ3n) is 4.43. The number of benzene rings is 2. The molecular weight excluding hydrogens is 460 g/mol. The van der Waals surface area contributed by atoms with Crippen molar-refractivity contribution in [2.24, 2.45) is 4.99 Å². The van der Waals surface area contributed by atoms with Crippen molar-refractivity contribution in [1.29, 1.82) is 0 Å². The van der Waals surface area contributed by atoms with Crippen molar-refractivity contribution >= 4 is 51.8 Å². The number of aliphatic imine (C=N–C) groups is 1. The van der Waals surface area contributed by atoms with Gasteiger partial charge in [-0.3, -0.25) is 10.1 Å². The molecule has 0 spiro atoms. The van der Waals surface area contributed by atoms with Gasteiger partial charge in [0.1, 0.15) is 16.4 Å². The molecule has 0 saturated heterocycles. The van der Waals surface area contributed by atoms with Gasteiger partial charge in [0.05, 0.1) is 33.8 Å². The molecule has 9 nitrogen and oxygen atoms in total. The number of carbonyl (C=O) groups is 1. The molecule has 0 saturated carbocycles. The van der Waals surface area contributed by atoms with Crippen LogP contribution in [0.3, 0.4) is 0 Å².